The second-order valence-electron chi connectivity index (χ2n) is 15.5. The van der Waals surface area contributed by atoms with Crippen molar-refractivity contribution in [3.8, 4) is 45.5 Å². The van der Waals surface area contributed by atoms with Crippen molar-refractivity contribution in [2.24, 2.45) is 0 Å². The first-order chi connectivity index (χ1) is 27.9. The van der Waals surface area contributed by atoms with Gasteiger partial charge in [0.15, 0.2) is 0 Å². The normalized spacial score (nSPS) is 13.7. The quantitative estimate of drug-likeness (QED) is 0.171. The molecule has 10 rings (SSSR count). The first-order valence-corrected chi connectivity index (χ1v) is 19.4. The van der Waals surface area contributed by atoms with Gasteiger partial charge < -0.3 is 4.90 Å². The molecule has 268 valence electrons. The van der Waals surface area contributed by atoms with Crippen molar-refractivity contribution in [1.82, 2.24) is 0 Å². The molecule has 0 atom stereocenters. The van der Waals surface area contributed by atoms with Gasteiger partial charge in [0, 0.05) is 22.5 Å². The average Bonchev–Trinajstić information content (AvgIpc) is 3.70. The summed E-state index contributed by atoms with van der Waals surface area (Å²) in [6.07, 6.45) is 0. The SMILES string of the molecule is CC1(C)c2ccccc2-c2ccc(N(c3ccc(C#N)cc3)c3ccc4c(c3)C(c3ccccc3)(c3ccccc3)c3cccc(-c5ccc(C#N)cc5)c3-4)cc21. The van der Waals surface area contributed by atoms with Crippen molar-refractivity contribution in [3.05, 3.63) is 233 Å². The maximum Gasteiger partial charge on any atom is 0.0991 e. The Balaban J connectivity index is 1.26. The fraction of sp³-hybridized carbons (Fsp3) is 0.0741. The topological polar surface area (TPSA) is 50.8 Å². The summed E-state index contributed by atoms with van der Waals surface area (Å²) in [5, 5.41) is 19.4. The van der Waals surface area contributed by atoms with Gasteiger partial charge in [-0.05, 0) is 127 Å². The molecule has 0 N–H and O–H groups in total. The van der Waals surface area contributed by atoms with Crippen LogP contribution in [-0.2, 0) is 10.8 Å². The van der Waals surface area contributed by atoms with Crippen LogP contribution in [0.1, 0.15) is 58.4 Å². The van der Waals surface area contributed by atoms with Gasteiger partial charge in [0.1, 0.15) is 0 Å². The molecule has 8 aromatic carbocycles. The molecule has 0 saturated heterocycles. The van der Waals surface area contributed by atoms with Crippen LogP contribution in [0.4, 0.5) is 17.1 Å². The second-order valence-corrected chi connectivity index (χ2v) is 15.5. The van der Waals surface area contributed by atoms with Crippen molar-refractivity contribution in [2.45, 2.75) is 24.7 Å². The van der Waals surface area contributed by atoms with E-state index >= 15 is 0 Å². The molecule has 0 saturated carbocycles. The molecular formula is C54H37N3. The highest BCUT2D eigenvalue weighted by molar-refractivity contribution is 5.97. The van der Waals surface area contributed by atoms with E-state index in [1.807, 2.05) is 24.3 Å². The zero-order valence-corrected chi connectivity index (χ0v) is 31.7. The van der Waals surface area contributed by atoms with Gasteiger partial charge in [0.05, 0.1) is 28.7 Å². The molecule has 0 heterocycles. The van der Waals surface area contributed by atoms with Gasteiger partial charge in [-0.25, -0.2) is 0 Å². The minimum absolute atomic E-state index is 0.171. The van der Waals surface area contributed by atoms with E-state index in [0.29, 0.717) is 11.1 Å². The third-order valence-electron chi connectivity index (χ3n) is 12.2. The Bertz CT molecular complexity index is 2890. The molecule has 57 heavy (non-hydrogen) atoms. The number of fused-ring (bicyclic) bond motifs is 6. The molecule has 0 fully saturated rings. The summed E-state index contributed by atoms with van der Waals surface area (Å²) in [7, 11) is 0. The lowest BCUT2D eigenvalue weighted by Crippen LogP contribution is -2.28. The van der Waals surface area contributed by atoms with Gasteiger partial charge in [0.25, 0.3) is 0 Å². The van der Waals surface area contributed by atoms with E-state index in [2.05, 4.69) is 195 Å². The van der Waals surface area contributed by atoms with Gasteiger partial charge >= 0.3 is 0 Å². The van der Waals surface area contributed by atoms with Gasteiger partial charge in [-0.3, -0.25) is 0 Å². The third-order valence-corrected chi connectivity index (χ3v) is 12.2. The molecule has 0 bridgehead atoms. The Labute approximate surface area is 334 Å². The molecule has 3 heteroatoms. The van der Waals surface area contributed by atoms with E-state index in [1.54, 1.807) is 0 Å². The number of benzene rings is 8. The van der Waals surface area contributed by atoms with Gasteiger partial charge in [-0.15, -0.1) is 0 Å². The fourth-order valence-corrected chi connectivity index (χ4v) is 9.59. The first kappa shape index (κ1) is 34.1. The summed E-state index contributed by atoms with van der Waals surface area (Å²) in [4.78, 5) is 2.34. The summed E-state index contributed by atoms with van der Waals surface area (Å²) in [6.45, 7) is 4.64. The molecule has 2 aliphatic rings. The van der Waals surface area contributed by atoms with Crippen molar-refractivity contribution in [1.29, 1.82) is 10.5 Å². The molecule has 2 aliphatic carbocycles. The van der Waals surface area contributed by atoms with Crippen LogP contribution >= 0.6 is 0 Å². The number of hydrogen-bond donors (Lipinski definition) is 0. The third kappa shape index (κ3) is 5.10. The maximum absolute atomic E-state index is 9.77. The molecule has 0 radical (unpaired) electrons. The van der Waals surface area contributed by atoms with Crippen molar-refractivity contribution >= 4 is 17.1 Å². The van der Waals surface area contributed by atoms with Gasteiger partial charge in [0.2, 0.25) is 0 Å². The molecule has 0 spiro atoms. The standard InChI is InChI=1S/C54H37N3/c1-53(2)48-18-10-9-16-45(48)46-30-28-42(32-50(46)53)57(41-26-22-37(35-56)23-27-41)43-29-31-47-51(33-43)54(39-12-5-3-6-13-39,40-14-7-4-8-15-40)49-19-11-17-44(52(47)49)38-24-20-36(34-55)21-25-38/h3-33H,1-2H3. The Morgan fingerprint density at radius 2 is 0.895 bits per heavy atom. The summed E-state index contributed by atoms with van der Waals surface area (Å²) in [5.41, 5.74) is 18.0. The zero-order chi connectivity index (χ0) is 38.7. The fourth-order valence-electron chi connectivity index (χ4n) is 9.59. The van der Waals surface area contributed by atoms with Crippen molar-refractivity contribution < 1.29 is 0 Å². The molecule has 0 aliphatic heterocycles. The molecule has 0 unspecified atom stereocenters. The monoisotopic (exact) mass is 727 g/mol. The van der Waals surface area contributed by atoms with Crippen LogP contribution in [-0.4, -0.2) is 0 Å². The van der Waals surface area contributed by atoms with Crippen molar-refractivity contribution in [3.63, 3.8) is 0 Å². The highest BCUT2D eigenvalue weighted by Crippen LogP contribution is 2.59. The predicted octanol–water partition coefficient (Wildman–Crippen LogP) is 13.2. The Kier molecular flexibility index (Phi) is 7.82. The Hall–Kier alpha value is -7.46. The summed E-state index contributed by atoms with van der Waals surface area (Å²) < 4.78 is 0. The van der Waals surface area contributed by atoms with E-state index in [0.717, 1.165) is 28.2 Å². The minimum Gasteiger partial charge on any atom is -0.310 e. The summed E-state index contributed by atoms with van der Waals surface area (Å²) in [6, 6.07) is 71.4. The predicted molar refractivity (Wildman–Crippen MR) is 231 cm³/mol. The second kappa shape index (κ2) is 13.1. The number of anilines is 3. The van der Waals surface area contributed by atoms with Gasteiger partial charge in [-0.1, -0.05) is 141 Å². The van der Waals surface area contributed by atoms with Crippen LogP contribution in [0, 0.1) is 22.7 Å². The first-order valence-electron chi connectivity index (χ1n) is 19.4. The van der Waals surface area contributed by atoms with Crippen molar-refractivity contribution in [2.75, 3.05) is 4.90 Å². The van der Waals surface area contributed by atoms with Gasteiger partial charge in [-0.2, -0.15) is 10.5 Å². The molecule has 3 nitrogen and oxygen atoms in total. The Morgan fingerprint density at radius 3 is 1.53 bits per heavy atom. The lowest BCUT2D eigenvalue weighted by molar-refractivity contribution is 0.660. The van der Waals surface area contributed by atoms with E-state index in [9.17, 15) is 10.5 Å². The molecular weight excluding hydrogens is 691 g/mol. The number of nitrogens with zero attached hydrogens (tertiary/aromatic N) is 3. The number of hydrogen-bond acceptors (Lipinski definition) is 3. The zero-order valence-electron chi connectivity index (χ0n) is 31.7. The summed E-state index contributed by atoms with van der Waals surface area (Å²) >= 11 is 0. The smallest absolute Gasteiger partial charge is 0.0991 e. The lowest BCUT2D eigenvalue weighted by Gasteiger charge is -2.35. The highest BCUT2D eigenvalue weighted by Gasteiger charge is 2.47. The van der Waals surface area contributed by atoms with E-state index in [-0.39, 0.29) is 5.41 Å². The Morgan fingerprint density at radius 1 is 0.404 bits per heavy atom. The maximum atomic E-state index is 9.77. The molecule has 8 aromatic rings. The lowest BCUT2D eigenvalue weighted by atomic mass is 9.67. The average molecular weight is 728 g/mol. The van der Waals surface area contributed by atoms with Crippen LogP contribution in [0.5, 0.6) is 0 Å². The molecule has 0 aromatic heterocycles. The van der Waals surface area contributed by atoms with Crippen LogP contribution in [0.25, 0.3) is 33.4 Å². The summed E-state index contributed by atoms with van der Waals surface area (Å²) in [5.74, 6) is 0. The van der Waals surface area contributed by atoms with Crippen LogP contribution in [0.15, 0.2) is 188 Å². The van der Waals surface area contributed by atoms with E-state index in [1.165, 1.54) is 55.6 Å². The minimum atomic E-state index is -0.635. The number of rotatable bonds is 6. The van der Waals surface area contributed by atoms with Crippen LogP contribution in [0.2, 0.25) is 0 Å². The van der Waals surface area contributed by atoms with Crippen LogP contribution < -0.4 is 4.90 Å². The van der Waals surface area contributed by atoms with Crippen LogP contribution in [0.3, 0.4) is 0 Å². The van der Waals surface area contributed by atoms with E-state index < -0.39 is 5.41 Å². The largest absolute Gasteiger partial charge is 0.310 e. The number of nitriles is 2. The van der Waals surface area contributed by atoms with E-state index in [4.69, 9.17) is 0 Å². The highest BCUT2D eigenvalue weighted by atomic mass is 15.1. The molecule has 0 amide bonds.